The molecule has 0 bridgehead atoms. The smallest absolute Gasteiger partial charge is 0.239 e. The zero-order valence-electron chi connectivity index (χ0n) is 6.64. The van der Waals surface area contributed by atoms with Crippen LogP contribution in [0.4, 0.5) is 5.95 Å². The lowest BCUT2D eigenvalue weighted by Crippen LogP contribution is -2.00. The molecule has 0 aromatic carbocycles. The van der Waals surface area contributed by atoms with Crippen LogP contribution >= 0.6 is 27.3 Å². The number of anilines is 1. The molecule has 0 atom stereocenters. The topological polar surface area (TPSA) is 56.7 Å². The van der Waals surface area contributed by atoms with Crippen LogP contribution in [0.2, 0.25) is 0 Å². The lowest BCUT2D eigenvalue weighted by Gasteiger charge is -1.97. The summed E-state index contributed by atoms with van der Waals surface area (Å²) in [6, 6.07) is 2.05. The molecule has 0 fully saturated rings. The fourth-order valence-electron chi connectivity index (χ4n) is 0.992. The summed E-state index contributed by atoms with van der Waals surface area (Å²) in [6.45, 7) is 0.703. The van der Waals surface area contributed by atoms with Crippen LogP contribution in [0.25, 0.3) is 0 Å². The first-order valence-corrected chi connectivity index (χ1v) is 5.30. The van der Waals surface area contributed by atoms with Crippen LogP contribution in [0.1, 0.15) is 5.56 Å². The molecule has 0 aliphatic rings. The molecule has 2 heterocycles. The Morgan fingerprint density at radius 2 is 2.46 bits per heavy atom. The maximum atomic E-state index is 5.39. The largest absolute Gasteiger partial charge is 0.367 e. The van der Waals surface area contributed by atoms with Crippen molar-refractivity contribution in [3.63, 3.8) is 0 Å². The minimum Gasteiger partial charge on any atom is -0.367 e. The molecule has 2 rings (SSSR count). The Kier molecular flexibility index (Phi) is 2.32. The van der Waals surface area contributed by atoms with Gasteiger partial charge in [-0.1, -0.05) is 0 Å². The number of rotatable bonds is 2. The van der Waals surface area contributed by atoms with E-state index in [0.717, 1.165) is 3.79 Å². The molecule has 0 aliphatic heterocycles. The quantitative estimate of drug-likeness (QED) is 0.893. The van der Waals surface area contributed by atoms with Crippen molar-refractivity contribution in [1.82, 2.24) is 14.8 Å². The van der Waals surface area contributed by atoms with Crippen molar-refractivity contribution >= 4 is 33.2 Å². The van der Waals surface area contributed by atoms with Crippen LogP contribution in [-0.4, -0.2) is 14.8 Å². The minimum atomic E-state index is 0.311. The molecule has 0 saturated carbocycles. The molecule has 13 heavy (non-hydrogen) atoms. The van der Waals surface area contributed by atoms with E-state index in [9.17, 15) is 0 Å². The third-order valence-electron chi connectivity index (χ3n) is 1.58. The van der Waals surface area contributed by atoms with Gasteiger partial charge in [0, 0.05) is 0 Å². The molecule has 2 aromatic heterocycles. The van der Waals surface area contributed by atoms with Crippen LogP contribution in [-0.2, 0) is 6.54 Å². The minimum absolute atomic E-state index is 0.311. The van der Waals surface area contributed by atoms with E-state index in [4.69, 9.17) is 5.73 Å². The number of hydrogen-bond acceptors (Lipinski definition) is 4. The summed E-state index contributed by atoms with van der Waals surface area (Å²) in [5.41, 5.74) is 6.58. The Morgan fingerprint density at radius 3 is 3.00 bits per heavy atom. The molecule has 0 unspecified atom stereocenters. The molecule has 68 valence electrons. The normalized spacial score (nSPS) is 10.5. The fourth-order valence-corrected chi connectivity index (χ4v) is 2.21. The molecular formula is C7H7BrN4S. The molecule has 6 heteroatoms. The van der Waals surface area contributed by atoms with Crippen molar-refractivity contribution < 1.29 is 0 Å². The molecule has 2 N–H and O–H groups in total. The lowest BCUT2D eigenvalue weighted by molar-refractivity contribution is 0.687. The monoisotopic (exact) mass is 258 g/mol. The molecule has 0 spiro atoms. The van der Waals surface area contributed by atoms with Gasteiger partial charge in [0.15, 0.2) is 0 Å². The summed E-state index contributed by atoms with van der Waals surface area (Å²) in [5, 5.41) is 6.02. The SMILES string of the molecule is Nc1ncn(Cc2ccsc2Br)n1. The van der Waals surface area contributed by atoms with E-state index in [2.05, 4.69) is 26.0 Å². The Labute approximate surface area is 87.5 Å². The molecule has 0 saturated heterocycles. The number of halogens is 1. The summed E-state index contributed by atoms with van der Waals surface area (Å²) in [4.78, 5) is 3.84. The second-order valence-corrected chi connectivity index (χ2v) is 4.75. The van der Waals surface area contributed by atoms with E-state index in [0.29, 0.717) is 12.5 Å². The predicted octanol–water partition coefficient (Wildman–Crippen LogP) is 1.73. The fraction of sp³-hybridized carbons (Fsp3) is 0.143. The summed E-state index contributed by atoms with van der Waals surface area (Å²) >= 11 is 5.11. The van der Waals surface area contributed by atoms with Gasteiger partial charge in [0.1, 0.15) is 6.33 Å². The average Bonchev–Trinajstić information content (AvgIpc) is 2.64. The van der Waals surface area contributed by atoms with Gasteiger partial charge in [0.25, 0.3) is 0 Å². The van der Waals surface area contributed by atoms with E-state index in [1.807, 2.05) is 11.4 Å². The summed E-state index contributed by atoms with van der Waals surface area (Å²) in [7, 11) is 0. The molecule has 0 radical (unpaired) electrons. The Hall–Kier alpha value is -0.880. The zero-order chi connectivity index (χ0) is 9.26. The van der Waals surface area contributed by atoms with Crippen LogP contribution in [0, 0.1) is 0 Å². The first-order chi connectivity index (χ1) is 6.25. The van der Waals surface area contributed by atoms with E-state index >= 15 is 0 Å². The van der Waals surface area contributed by atoms with Crippen molar-refractivity contribution in [1.29, 1.82) is 0 Å². The van der Waals surface area contributed by atoms with Crippen molar-refractivity contribution in [3.8, 4) is 0 Å². The Morgan fingerprint density at radius 1 is 1.62 bits per heavy atom. The van der Waals surface area contributed by atoms with Crippen molar-refractivity contribution in [2.24, 2.45) is 0 Å². The third-order valence-corrected chi connectivity index (χ3v) is 3.39. The van der Waals surface area contributed by atoms with E-state index in [1.54, 1.807) is 22.3 Å². The summed E-state index contributed by atoms with van der Waals surface area (Å²) in [5.74, 6) is 0.311. The second kappa shape index (κ2) is 3.47. The first kappa shape index (κ1) is 8.71. The summed E-state index contributed by atoms with van der Waals surface area (Å²) < 4.78 is 2.84. The van der Waals surface area contributed by atoms with E-state index in [1.165, 1.54) is 5.56 Å². The average molecular weight is 259 g/mol. The molecule has 0 aliphatic carbocycles. The standard InChI is InChI=1S/C7H7BrN4S/c8-6-5(1-2-13-6)3-12-4-10-7(9)11-12/h1-2,4H,3H2,(H2,9,11). The number of nitrogens with zero attached hydrogens (tertiary/aromatic N) is 3. The highest BCUT2D eigenvalue weighted by molar-refractivity contribution is 9.11. The maximum absolute atomic E-state index is 5.39. The number of aromatic nitrogens is 3. The number of hydrogen-bond donors (Lipinski definition) is 1. The van der Waals surface area contributed by atoms with Gasteiger partial charge in [-0.2, -0.15) is 0 Å². The zero-order valence-corrected chi connectivity index (χ0v) is 9.05. The number of nitrogen functional groups attached to an aromatic ring is 1. The molecule has 2 aromatic rings. The second-order valence-electron chi connectivity index (χ2n) is 2.52. The lowest BCUT2D eigenvalue weighted by atomic mass is 10.3. The van der Waals surface area contributed by atoms with E-state index < -0.39 is 0 Å². The van der Waals surface area contributed by atoms with Gasteiger partial charge in [0.05, 0.1) is 10.3 Å². The van der Waals surface area contributed by atoms with E-state index in [-0.39, 0.29) is 0 Å². The van der Waals surface area contributed by atoms with Gasteiger partial charge >= 0.3 is 0 Å². The summed E-state index contributed by atoms with van der Waals surface area (Å²) in [6.07, 6.45) is 1.62. The highest BCUT2D eigenvalue weighted by atomic mass is 79.9. The van der Waals surface area contributed by atoms with Crippen LogP contribution in [0.3, 0.4) is 0 Å². The van der Waals surface area contributed by atoms with Crippen molar-refractivity contribution in [2.45, 2.75) is 6.54 Å². The van der Waals surface area contributed by atoms with Crippen LogP contribution in [0.5, 0.6) is 0 Å². The van der Waals surface area contributed by atoms with Crippen LogP contribution in [0.15, 0.2) is 21.6 Å². The van der Waals surface area contributed by atoms with Gasteiger partial charge in [0.2, 0.25) is 5.95 Å². The third kappa shape index (κ3) is 1.89. The van der Waals surface area contributed by atoms with Crippen LogP contribution < -0.4 is 5.73 Å². The van der Waals surface area contributed by atoms with Crippen molar-refractivity contribution in [3.05, 3.63) is 27.1 Å². The van der Waals surface area contributed by atoms with Gasteiger partial charge in [-0.05, 0) is 32.9 Å². The highest BCUT2D eigenvalue weighted by Crippen LogP contribution is 2.23. The van der Waals surface area contributed by atoms with Gasteiger partial charge in [-0.25, -0.2) is 9.67 Å². The van der Waals surface area contributed by atoms with Gasteiger partial charge in [-0.15, -0.1) is 16.4 Å². The number of nitrogens with two attached hydrogens (primary N) is 1. The number of thiophene rings is 1. The predicted molar refractivity (Wildman–Crippen MR) is 55.6 cm³/mol. The Bertz CT molecular complexity index is 408. The maximum Gasteiger partial charge on any atom is 0.239 e. The molecule has 4 nitrogen and oxygen atoms in total. The highest BCUT2D eigenvalue weighted by Gasteiger charge is 2.02. The first-order valence-electron chi connectivity index (χ1n) is 3.62. The Balaban J connectivity index is 2.19. The van der Waals surface area contributed by atoms with Crippen molar-refractivity contribution in [2.75, 3.05) is 5.73 Å². The van der Waals surface area contributed by atoms with Gasteiger partial charge in [-0.3, -0.25) is 0 Å². The molecular weight excluding hydrogens is 252 g/mol. The van der Waals surface area contributed by atoms with Gasteiger partial charge < -0.3 is 5.73 Å². The molecule has 0 amide bonds.